The van der Waals surface area contributed by atoms with Crippen LogP contribution in [0.15, 0.2) is 18.2 Å². The molecule has 1 aromatic carbocycles. The Hall–Kier alpha value is -1.55. The molecule has 0 saturated heterocycles. The first-order valence-corrected chi connectivity index (χ1v) is 6.28. The van der Waals surface area contributed by atoms with Crippen molar-refractivity contribution in [2.45, 2.75) is 33.2 Å². The Balaban J connectivity index is 2.77. The van der Waals surface area contributed by atoms with Crippen LogP contribution in [0.4, 0.5) is 0 Å². The first-order chi connectivity index (χ1) is 8.49. The number of hydrogen-bond acceptors (Lipinski definition) is 4. The number of Topliss-reactive ketones (excluding diaryl/α,β-unsaturated/α-hetero) is 1. The summed E-state index contributed by atoms with van der Waals surface area (Å²) in [6.07, 6.45) is 0.988. The molecule has 0 radical (unpaired) electrons. The van der Waals surface area contributed by atoms with Gasteiger partial charge in [-0.25, -0.2) is 0 Å². The van der Waals surface area contributed by atoms with Gasteiger partial charge >= 0.3 is 0 Å². The van der Waals surface area contributed by atoms with Crippen LogP contribution in [0.1, 0.15) is 37.6 Å². The van der Waals surface area contributed by atoms with Gasteiger partial charge in [0.25, 0.3) is 0 Å². The van der Waals surface area contributed by atoms with Gasteiger partial charge in [-0.2, -0.15) is 0 Å². The number of carbonyl (C=O) groups is 1. The molecular weight excluding hydrogens is 230 g/mol. The topological polar surface area (TPSA) is 60.8 Å². The molecule has 1 unspecified atom stereocenters. The zero-order chi connectivity index (χ0) is 13.7. The minimum absolute atomic E-state index is 0.0487. The van der Waals surface area contributed by atoms with Crippen molar-refractivity contribution in [3.63, 3.8) is 0 Å². The number of carbonyl (C=O) groups excluding carboxylic acids is 1. The van der Waals surface area contributed by atoms with Crippen LogP contribution >= 0.6 is 0 Å². The van der Waals surface area contributed by atoms with Gasteiger partial charge in [0, 0.05) is 11.6 Å². The van der Waals surface area contributed by atoms with Gasteiger partial charge in [0.05, 0.1) is 6.54 Å². The quantitative estimate of drug-likeness (QED) is 0.602. The Morgan fingerprint density at radius 2 is 1.94 bits per heavy atom. The Labute approximate surface area is 108 Å². The largest absolute Gasteiger partial charge is 0.504 e. The molecule has 0 aliphatic heterocycles. The summed E-state index contributed by atoms with van der Waals surface area (Å²) in [5.74, 6) is -0.513. The second-order valence-corrected chi connectivity index (χ2v) is 4.45. The second kappa shape index (κ2) is 6.40. The molecule has 0 fully saturated rings. The van der Waals surface area contributed by atoms with Crippen LogP contribution in [-0.2, 0) is 0 Å². The highest BCUT2D eigenvalue weighted by Crippen LogP contribution is 2.25. The van der Waals surface area contributed by atoms with Gasteiger partial charge < -0.3 is 10.2 Å². The van der Waals surface area contributed by atoms with Crippen molar-refractivity contribution in [2.75, 3.05) is 13.1 Å². The zero-order valence-electron chi connectivity index (χ0n) is 11.2. The molecule has 0 aliphatic carbocycles. The number of phenolic OH excluding ortho intramolecular Hbond substituents is 2. The maximum absolute atomic E-state index is 12.1. The van der Waals surface area contributed by atoms with Gasteiger partial charge in [0.1, 0.15) is 0 Å². The van der Waals surface area contributed by atoms with Crippen LogP contribution in [0.5, 0.6) is 11.5 Å². The van der Waals surface area contributed by atoms with E-state index in [1.165, 1.54) is 18.2 Å². The summed E-state index contributed by atoms with van der Waals surface area (Å²) in [5, 5.41) is 18.6. The second-order valence-electron chi connectivity index (χ2n) is 4.45. The lowest BCUT2D eigenvalue weighted by molar-refractivity contribution is 0.0902. The molecule has 0 amide bonds. The molecule has 1 rings (SSSR count). The molecule has 0 bridgehead atoms. The van der Waals surface area contributed by atoms with Crippen molar-refractivity contribution in [2.24, 2.45) is 0 Å². The molecule has 0 aromatic heterocycles. The summed E-state index contributed by atoms with van der Waals surface area (Å²) in [6, 6.07) is 4.52. The van der Waals surface area contributed by atoms with Crippen LogP contribution in [0.25, 0.3) is 0 Å². The van der Waals surface area contributed by atoms with Crippen molar-refractivity contribution in [3.8, 4) is 11.5 Å². The lowest BCUT2D eigenvalue weighted by Crippen LogP contribution is -2.36. The minimum atomic E-state index is -0.257. The molecule has 0 heterocycles. The molecule has 0 aliphatic rings. The summed E-state index contributed by atoms with van der Waals surface area (Å²) < 4.78 is 0. The van der Waals surface area contributed by atoms with E-state index in [-0.39, 0.29) is 17.3 Å². The Morgan fingerprint density at radius 3 is 2.44 bits per heavy atom. The van der Waals surface area contributed by atoms with E-state index in [1.807, 2.05) is 6.92 Å². The van der Waals surface area contributed by atoms with Crippen molar-refractivity contribution >= 4 is 5.78 Å². The van der Waals surface area contributed by atoms with Crippen molar-refractivity contribution < 1.29 is 15.0 Å². The van der Waals surface area contributed by atoms with Crippen LogP contribution in [-0.4, -0.2) is 40.0 Å². The Bertz CT molecular complexity index is 418. The van der Waals surface area contributed by atoms with Crippen LogP contribution in [0, 0.1) is 0 Å². The molecule has 1 atom stereocenters. The first kappa shape index (κ1) is 14.5. The fourth-order valence-electron chi connectivity index (χ4n) is 1.81. The summed E-state index contributed by atoms with van der Waals surface area (Å²) >= 11 is 0. The van der Waals surface area contributed by atoms with Gasteiger partial charge in [-0.15, -0.1) is 0 Å². The molecule has 4 heteroatoms. The monoisotopic (exact) mass is 251 g/mol. The summed E-state index contributed by atoms with van der Waals surface area (Å²) in [6.45, 7) is 7.34. The molecule has 1 aromatic rings. The van der Waals surface area contributed by atoms with Crippen molar-refractivity contribution in [1.29, 1.82) is 0 Å². The SMILES string of the molecule is CCC(C)N(CC)CC(=O)c1ccc(O)c(O)c1. The third-order valence-electron chi connectivity index (χ3n) is 3.26. The van der Waals surface area contributed by atoms with Gasteiger partial charge in [-0.05, 0) is 38.1 Å². The third kappa shape index (κ3) is 3.47. The molecule has 0 spiro atoms. The van der Waals surface area contributed by atoms with E-state index in [0.29, 0.717) is 18.2 Å². The predicted octanol–water partition coefficient (Wildman–Crippen LogP) is 2.40. The number of phenols is 2. The van der Waals surface area contributed by atoms with Crippen molar-refractivity contribution in [3.05, 3.63) is 23.8 Å². The summed E-state index contributed by atoms with van der Waals surface area (Å²) in [7, 11) is 0. The predicted molar refractivity (Wildman–Crippen MR) is 71.1 cm³/mol. The number of benzene rings is 1. The van der Waals surface area contributed by atoms with Crippen LogP contribution in [0.3, 0.4) is 0 Å². The highest BCUT2D eigenvalue weighted by Gasteiger charge is 2.16. The molecule has 100 valence electrons. The first-order valence-electron chi connectivity index (χ1n) is 6.28. The number of rotatable bonds is 6. The standard InChI is InChI=1S/C14H21NO3/c1-4-10(3)15(5-2)9-14(18)11-6-7-12(16)13(17)8-11/h6-8,10,16-17H,4-5,9H2,1-3H3. The smallest absolute Gasteiger partial charge is 0.176 e. The van der Waals surface area contributed by atoms with Crippen LogP contribution in [0.2, 0.25) is 0 Å². The molecule has 2 N–H and O–H groups in total. The molecule has 4 nitrogen and oxygen atoms in total. The normalized spacial score (nSPS) is 12.7. The van der Waals surface area contributed by atoms with E-state index >= 15 is 0 Å². The lowest BCUT2D eigenvalue weighted by atomic mass is 10.1. The van der Waals surface area contributed by atoms with E-state index in [1.54, 1.807) is 0 Å². The average Bonchev–Trinajstić information content (AvgIpc) is 2.37. The maximum Gasteiger partial charge on any atom is 0.176 e. The Kier molecular flexibility index (Phi) is 5.16. The van der Waals surface area contributed by atoms with Gasteiger partial charge in [-0.1, -0.05) is 13.8 Å². The third-order valence-corrected chi connectivity index (χ3v) is 3.26. The molecule has 0 saturated carbocycles. The Morgan fingerprint density at radius 1 is 1.28 bits per heavy atom. The average molecular weight is 251 g/mol. The highest BCUT2D eigenvalue weighted by molar-refractivity contribution is 5.98. The zero-order valence-corrected chi connectivity index (χ0v) is 11.2. The number of likely N-dealkylation sites (N-methyl/N-ethyl adjacent to an activating group) is 1. The van der Waals surface area contributed by atoms with E-state index in [4.69, 9.17) is 0 Å². The summed E-state index contributed by atoms with van der Waals surface area (Å²) in [5.41, 5.74) is 0.423. The van der Waals surface area contributed by atoms with Gasteiger partial charge in [0.2, 0.25) is 0 Å². The van der Waals surface area contributed by atoms with Crippen molar-refractivity contribution in [1.82, 2.24) is 4.90 Å². The van der Waals surface area contributed by atoms with E-state index in [0.717, 1.165) is 13.0 Å². The van der Waals surface area contributed by atoms with Gasteiger partial charge in [0.15, 0.2) is 17.3 Å². The lowest BCUT2D eigenvalue weighted by Gasteiger charge is -2.26. The molecular formula is C14H21NO3. The molecule has 18 heavy (non-hydrogen) atoms. The fraction of sp³-hybridized carbons (Fsp3) is 0.500. The van der Waals surface area contributed by atoms with E-state index in [2.05, 4.69) is 18.7 Å². The van der Waals surface area contributed by atoms with Gasteiger partial charge in [-0.3, -0.25) is 9.69 Å². The minimum Gasteiger partial charge on any atom is -0.504 e. The van der Waals surface area contributed by atoms with E-state index < -0.39 is 0 Å². The fourth-order valence-corrected chi connectivity index (χ4v) is 1.81. The number of hydrogen-bond donors (Lipinski definition) is 2. The maximum atomic E-state index is 12.1. The van der Waals surface area contributed by atoms with E-state index in [9.17, 15) is 15.0 Å². The highest BCUT2D eigenvalue weighted by atomic mass is 16.3. The number of ketones is 1. The number of nitrogens with zero attached hydrogens (tertiary/aromatic N) is 1. The van der Waals surface area contributed by atoms with Crippen LogP contribution < -0.4 is 0 Å². The summed E-state index contributed by atoms with van der Waals surface area (Å²) in [4.78, 5) is 14.2. The number of aromatic hydroxyl groups is 2.